The second kappa shape index (κ2) is 7.46. The Morgan fingerprint density at radius 3 is 2.75 bits per heavy atom. The first-order chi connectivity index (χ1) is 9.54. The van der Waals surface area contributed by atoms with Crippen LogP contribution in [0, 0.1) is 5.82 Å². The Morgan fingerprint density at radius 1 is 1.25 bits per heavy atom. The Labute approximate surface area is 135 Å². The Hall–Kier alpha value is -0.550. The van der Waals surface area contributed by atoms with Crippen molar-refractivity contribution in [3.8, 4) is 0 Å². The minimum atomic E-state index is -0.602. The molecule has 0 fully saturated rings. The average Bonchev–Trinajstić information content (AvgIpc) is 2.40. The van der Waals surface area contributed by atoms with Crippen LogP contribution in [0.3, 0.4) is 0 Å². The van der Waals surface area contributed by atoms with Crippen molar-refractivity contribution >= 4 is 39.3 Å². The van der Waals surface area contributed by atoms with Crippen LogP contribution in [0.1, 0.15) is 5.56 Å². The third-order valence-corrected chi connectivity index (χ3v) is 4.58. The summed E-state index contributed by atoms with van der Waals surface area (Å²) in [7, 11) is 0. The lowest BCUT2D eigenvalue weighted by Crippen LogP contribution is -2.14. The molecule has 0 aliphatic carbocycles. The van der Waals surface area contributed by atoms with E-state index in [0.29, 0.717) is 16.3 Å². The molecule has 1 N–H and O–H groups in total. The van der Waals surface area contributed by atoms with Crippen LogP contribution in [0.5, 0.6) is 0 Å². The molecule has 0 heterocycles. The van der Waals surface area contributed by atoms with Crippen LogP contribution in [-0.4, -0.2) is 17.0 Å². The van der Waals surface area contributed by atoms with E-state index in [1.807, 2.05) is 24.3 Å². The average molecular weight is 376 g/mol. The fraction of sp³-hybridized carbons (Fsp3) is 0.200. The molecule has 5 heteroatoms. The van der Waals surface area contributed by atoms with Gasteiger partial charge in [0, 0.05) is 26.6 Å². The Bertz CT molecular complexity index is 594. The van der Waals surface area contributed by atoms with Crippen molar-refractivity contribution in [3.05, 3.63) is 63.3 Å². The SMILES string of the molecule is OC(CSc1cccc(Br)c1)Cc1ccc(Cl)cc1F. The van der Waals surface area contributed by atoms with E-state index in [1.54, 1.807) is 23.9 Å². The predicted molar refractivity (Wildman–Crippen MR) is 86.0 cm³/mol. The van der Waals surface area contributed by atoms with Gasteiger partial charge in [0.05, 0.1) is 6.10 Å². The van der Waals surface area contributed by atoms with E-state index in [4.69, 9.17) is 11.6 Å². The van der Waals surface area contributed by atoms with Gasteiger partial charge in [-0.25, -0.2) is 4.39 Å². The van der Waals surface area contributed by atoms with Gasteiger partial charge >= 0.3 is 0 Å². The van der Waals surface area contributed by atoms with Gasteiger partial charge in [-0.1, -0.05) is 39.7 Å². The Balaban J connectivity index is 1.90. The van der Waals surface area contributed by atoms with Crippen molar-refractivity contribution in [2.75, 3.05) is 5.75 Å². The molecule has 1 nitrogen and oxygen atoms in total. The maximum Gasteiger partial charge on any atom is 0.127 e. The maximum absolute atomic E-state index is 13.6. The number of aliphatic hydroxyl groups excluding tert-OH is 1. The topological polar surface area (TPSA) is 20.2 Å². The van der Waals surface area contributed by atoms with Crippen molar-refractivity contribution in [2.45, 2.75) is 17.4 Å². The van der Waals surface area contributed by atoms with Gasteiger partial charge in [0.2, 0.25) is 0 Å². The van der Waals surface area contributed by atoms with Crippen LogP contribution in [0.4, 0.5) is 4.39 Å². The zero-order valence-electron chi connectivity index (χ0n) is 10.5. The summed E-state index contributed by atoms with van der Waals surface area (Å²) in [5.41, 5.74) is 0.483. The highest BCUT2D eigenvalue weighted by Gasteiger charge is 2.10. The molecule has 2 rings (SSSR count). The third-order valence-electron chi connectivity index (χ3n) is 2.71. The molecule has 0 saturated carbocycles. The molecule has 106 valence electrons. The predicted octanol–water partition coefficient (Wildman–Crippen LogP) is 4.94. The molecular formula is C15H13BrClFOS. The Morgan fingerprint density at radius 2 is 2.05 bits per heavy atom. The van der Waals surface area contributed by atoms with Crippen LogP contribution >= 0.6 is 39.3 Å². The molecule has 0 aliphatic heterocycles. The summed E-state index contributed by atoms with van der Waals surface area (Å²) >= 11 is 10.6. The smallest absolute Gasteiger partial charge is 0.127 e. The summed E-state index contributed by atoms with van der Waals surface area (Å²) in [5, 5.41) is 10.4. The number of benzene rings is 2. The molecule has 0 spiro atoms. The van der Waals surface area contributed by atoms with Gasteiger partial charge < -0.3 is 5.11 Å². The number of hydrogen-bond acceptors (Lipinski definition) is 2. The first kappa shape index (κ1) is 15.8. The normalized spacial score (nSPS) is 12.4. The van der Waals surface area contributed by atoms with E-state index in [9.17, 15) is 9.50 Å². The van der Waals surface area contributed by atoms with Gasteiger partial charge in [0.15, 0.2) is 0 Å². The van der Waals surface area contributed by atoms with Gasteiger partial charge in [-0.15, -0.1) is 11.8 Å². The number of hydrogen-bond donors (Lipinski definition) is 1. The highest BCUT2D eigenvalue weighted by Crippen LogP contribution is 2.24. The molecule has 0 saturated heterocycles. The van der Waals surface area contributed by atoms with Crippen molar-refractivity contribution in [2.24, 2.45) is 0 Å². The van der Waals surface area contributed by atoms with E-state index < -0.39 is 6.10 Å². The van der Waals surface area contributed by atoms with Crippen molar-refractivity contribution in [1.82, 2.24) is 0 Å². The van der Waals surface area contributed by atoms with Gasteiger partial charge in [-0.05, 0) is 35.9 Å². The van der Waals surface area contributed by atoms with Crippen molar-refractivity contribution < 1.29 is 9.50 Å². The lowest BCUT2D eigenvalue weighted by molar-refractivity contribution is 0.198. The van der Waals surface area contributed by atoms with Crippen LogP contribution in [0.2, 0.25) is 5.02 Å². The van der Waals surface area contributed by atoms with Gasteiger partial charge in [0.1, 0.15) is 5.82 Å². The molecule has 1 atom stereocenters. The number of aliphatic hydroxyl groups is 1. The van der Waals surface area contributed by atoms with E-state index in [2.05, 4.69) is 15.9 Å². The third kappa shape index (κ3) is 4.77. The molecule has 0 aliphatic rings. The van der Waals surface area contributed by atoms with Crippen molar-refractivity contribution in [1.29, 1.82) is 0 Å². The summed E-state index contributed by atoms with van der Waals surface area (Å²) in [6.45, 7) is 0. The zero-order chi connectivity index (χ0) is 14.5. The summed E-state index contributed by atoms with van der Waals surface area (Å²) < 4.78 is 14.6. The highest BCUT2D eigenvalue weighted by molar-refractivity contribution is 9.10. The van der Waals surface area contributed by atoms with E-state index in [-0.39, 0.29) is 12.2 Å². The molecule has 1 unspecified atom stereocenters. The first-order valence-corrected chi connectivity index (χ1v) is 8.20. The van der Waals surface area contributed by atoms with E-state index in [0.717, 1.165) is 9.37 Å². The van der Waals surface area contributed by atoms with Gasteiger partial charge in [-0.2, -0.15) is 0 Å². The monoisotopic (exact) mass is 374 g/mol. The lowest BCUT2D eigenvalue weighted by Gasteiger charge is -2.11. The molecule has 2 aromatic carbocycles. The Kier molecular flexibility index (Phi) is 5.90. The molecule has 2 aromatic rings. The zero-order valence-corrected chi connectivity index (χ0v) is 13.7. The van der Waals surface area contributed by atoms with Crippen LogP contribution in [0.25, 0.3) is 0 Å². The minimum Gasteiger partial charge on any atom is -0.392 e. The molecule has 20 heavy (non-hydrogen) atoms. The second-order valence-electron chi connectivity index (χ2n) is 4.36. The highest BCUT2D eigenvalue weighted by atomic mass is 79.9. The molecule has 0 aromatic heterocycles. The fourth-order valence-electron chi connectivity index (χ4n) is 1.75. The van der Waals surface area contributed by atoms with Gasteiger partial charge in [0.25, 0.3) is 0 Å². The maximum atomic E-state index is 13.6. The summed E-state index contributed by atoms with van der Waals surface area (Å²) in [5.74, 6) is 0.141. The summed E-state index contributed by atoms with van der Waals surface area (Å²) in [4.78, 5) is 1.06. The minimum absolute atomic E-state index is 0.282. The number of halogens is 3. The van der Waals surface area contributed by atoms with Crippen molar-refractivity contribution in [3.63, 3.8) is 0 Å². The molecule has 0 amide bonds. The largest absolute Gasteiger partial charge is 0.392 e. The lowest BCUT2D eigenvalue weighted by atomic mass is 10.1. The second-order valence-corrected chi connectivity index (χ2v) is 6.81. The molecular weight excluding hydrogens is 363 g/mol. The molecule has 0 radical (unpaired) electrons. The molecule has 0 bridgehead atoms. The number of rotatable bonds is 5. The van der Waals surface area contributed by atoms with Crippen LogP contribution in [-0.2, 0) is 6.42 Å². The fourth-order valence-corrected chi connectivity index (χ4v) is 3.35. The number of thioether (sulfide) groups is 1. The first-order valence-electron chi connectivity index (χ1n) is 6.05. The standard InChI is InChI=1S/C15H13BrClFOS/c16-11-2-1-3-14(7-11)20-9-13(19)6-10-4-5-12(17)8-15(10)18/h1-5,7-8,13,19H,6,9H2. The quantitative estimate of drug-likeness (QED) is 0.747. The summed E-state index contributed by atoms with van der Waals surface area (Å²) in [6.07, 6.45) is -0.320. The van der Waals surface area contributed by atoms with Crippen LogP contribution < -0.4 is 0 Å². The van der Waals surface area contributed by atoms with E-state index >= 15 is 0 Å². The van der Waals surface area contributed by atoms with E-state index in [1.165, 1.54) is 6.07 Å². The van der Waals surface area contributed by atoms with Crippen LogP contribution in [0.15, 0.2) is 51.8 Å². The van der Waals surface area contributed by atoms with Gasteiger partial charge in [-0.3, -0.25) is 0 Å². The summed E-state index contributed by atoms with van der Waals surface area (Å²) in [6, 6.07) is 12.4.